The maximum absolute atomic E-state index is 12.8. The molecule has 0 spiro atoms. The molecule has 0 aliphatic rings. The van der Waals surface area contributed by atoms with E-state index >= 15 is 0 Å². The molecule has 0 bridgehead atoms. The van der Waals surface area contributed by atoms with Crippen LogP contribution in [-0.4, -0.2) is 24.5 Å². The number of nitrogens with zero attached hydrogens (tertiary/aromatic N) is 2. The Morgan fingerprint density at radius 2 is 2.08 bits per heavy atom. The van der Waals surface area contributed by atoms with Gasteiger partial charge >= 0.3 is 0 Å². The minimum absolute atomic E-state index is 0.269. The molecule has 3 rings (SSSR count). The Kier molecular flexibility index (Phi) is 4.77. The summed E-state index contributed by atoms with van der Waals surface area (Å²) in [6.07, 6.45) is 4.67. The Hall–Kier alpha value is -2.03. The molecule has 2 heterocycles. The molecule has 0 unspecified atom stereocenters. The number of methoxy groups -OCH3 is 1. The Morgan fingerprint density at radius 3 is 2.80 bits per heavy atom. The van der Waals surface area contributed by atoms with Crippen molar-refractivity contribution >= 4 is 49.9 Å². The van der Waals surface area contributed by atoms with E-state index in [9.17, 15) is 8.42 Å². The standard InChI is InChI=1S/C17H16N2O3S3/c1-11-8-13(9-15(22-3)12(11)2)5-7-25(20,21)19-14-10-18-6-4-16(14)24-17(19)23/h4-10H,1-3H3/b7-5+. The van der Waals surface area contributed by atoms with E-state index in [1.54, 1.807) is 31.5 Å². The van der Waals surface area contributed by atoms with Gasteiger partial charge < -0.3 is 4.74 Å². The molecule has 0 fully saturated rings. The van der Waals surface area contributed by atoms with Crippen LogP contribution in [0, 0.1) is 17.8 Å². The molecule has 0 aliphatic carbocycles. The van der Waals surface area contributed by atoms with Gasteiger partial charge in [0.25, 0.3) is 10.0 Å². The molecule has 5 nitrogen and oxygen atoms in total. The predicted octanol–water partition coefficient (Wildman–Crippen LogP) is 4.30. The highest BCUT2D eigenvalue weighted by Crippen LogP contribution is 2.26. The lowest BCUT2D eigenvalue weighted by Crippen LogP contribution is -2.08. The number of rotatable bonds is 4. The van der Waals surface area contributed by atoms with Gasteiger partial charge in [-0.25, -0.2) is 12.4 Å². The lowest BCUT2D eigenvalue weighted by Gasteiger charge is -2.09. The summed E-state index contributed by atoms with van der Waals surface area (Å²) >= 11 is 6.47. The highest BCUT2D eigenvalue weighted by atomic mass is 32.2. The van der Waals surface area contributed by atoms with Gasteiger partial charge in [0, 0.05) is 6.20 Å². The van der Waals surface area contributed by atoms with Crippen LogP contribution in [0.3, 0.4) is 0 Å². The summed E-state index contributed by atoms with van der Waals surface area (Å²) in [5.41, 5.74) is 3.28. The molecule has 130 valence electrons. The monoisotopic (exact) mass is 392 g/mol. The van der Waals surface area contributed by atoms with Crippen LogP contribution in [0.5, 0.6) is 5.75 Å². The van der Waals surface area contributed by atoms with Crippen molar-refractivity contribution in [1.82, 2.24) is 8.96 Å². The first-order chi connectivity index (χ1) is 11.8. The lowest BCUT2D eigenvalue weighted by molar-refractivity contribution is 0.411. The van der Waals surface area contributed by atoms with Crippen molar-refractivity contribution in [2.45, 2.75) is 13.8 Å². The normalized spacial score (nSPS) is 12.1. The summed E-state index contributed by atoms with van der Waals surface area (Å²) in [6, 6.07) is 5.47. The van der Waals surface area contributed by atoms with Crippen LogP contribution in [-0.2, 0) is 10.0 Å². The summed E-state index contributed by atoms with van der Waals surface area (Å²) in [7, 11) is -2.16. The maximum Gasteiger partial charge on any atom is 0.263 e. The fraction of sp³-hybridized carbons (Fsp3) is 0.176. The van der Waals surface area contributed by atoms with Crippen LogP contribution in [0.1, 0.15) is 16.7 Å². The minimum atomic E-state index is -3.75. The second-order valence-electron chi connectivity index (χ2n) is 5.49. The lowest BCUT2D eigenvalue weighted by atomic mass is 10.1. The smallest absolute Gasteiger partial charge is 0.263 e. The number of aromatic nitrogens is 2. The molecule has 2 aromatic heterocycles. The van der Waals surface area contributed by atoms with Crippen LogP contribution in [0.25, 0.3) is 16.3 Å². The van der Waals surface area contributed by atoms with E-state index in [0.29, 0.717) is 5.52 Å². The van der Waals surface area contributed by atoms with Gasteiger partial charge in [-0.2, -0.15) is 0 Å². The van der Waals surface area contributed by atoms with Crippen molar-refractivity contribution in [1.29, 1.82) is 0 Å². The highest BCUT2D eigenvalue weighted by Gasteiger charge is 2.16. The Morgan fingerprint density at radius 1 is 1.32 bits per heavy atom. The molecule has 1 aromatic carbocycles. The van der Waals surface area contributed by atoms with Gasteiger partial charge in [-0.1, -0.05) is 6.07 Å². The molecular weight excluding hydrogens is 376 g/mol. The Balaban J connectivity index is 2.07. The summed E-state index contributed by atoms with van der Waals surface area (Å²) in [5.74, 6) is 0.721. The number of hydrogen-bond acceptors (Lipinski definition) is 6. The third-order valence-electron chi connectivity index (χ3n) is 3.89. The SMILES string of the molecule is COc1cc(/C=C/S(=O)(=O)n2c(=S)sc3ccncc32)cc(C)c1C. The predicted molar refractivity (Wildman–Crippen MR) is 104 cm³/mol. The van der Waals surface area contributed by atoms with E-state index < -0.39 is 10.0 Å². The van der Waals surface area contributed by atoms with Crippen molar-refractivity contribution in [3.8, 4) is 5.75 Å². The largest absolute Gasteiger partial charge is 0.496 e. The zero-order chi connectivity index (χ0) is 18.2. The van der Waals surface area contributed by atoms with Gasteiger partial charge in [0.2, 0.25) is 0 Å². The quantitative estimate of drug-likeness (QED) is 0.620. The zero-order valence-electron chi connectivity index (χ0n) is 13.9. The zero-order valence-corrected chi connectivity index (χ0v) is 16.3. The highest BCUT2D eigenvalue weighted by molar-refractivity contribution is 7.93. The Labute approximate surface area is 155 Å². The summed E-state index contributed by atoms with van der Waals surface area (Å²) in [6.45, 7) is 3.92. The first-order valence-corrected chi connectivity index (χ1v) is 10.1. The second-order valence-corrected chi connectivity index (χ2v) is 8.83. The van der Waals surface area contributed by atoms with Crippen molar-refractivity contribution in [3.63, 3.8) is 0 Å². The van der Waals surface area contributed by atoms with E-state index in [4.69, 9.17) is 17.0 Å². The molecule has 0 aliphatic heterocycles. The molecule has 0 atom stereocenters. The molecule has 0 saturated heterocycles. The number of thiazole rings is 1. The number of aryl methyl sites for hydroxylation is 1. The van der Waals surface area contributed by atoms with E-state index in [1.165, 1.54) is 17.5 Å². The number of ether oxygens (including phenoxy) is 1. The van der Waals surface area contributed by atoms with Gasteiger partial charge in [0.1, 0.15) is 5.75 Å². The van der Waals surface area contributed by atoms with Crippen LogP contribution >= 0.6 is 23.6 Å². The molecule has 0 amide bonds. The second kappa shape index (κ2) is 6.70. The van der Waals surface area contributed by atoms with Crippen LogP contribution in [0.15, 0.2) is 36.0 Å². The molecule has 0 radical (unpaired) electrons. The van der Waals surface area contributed by atoms with E-state index in [0.717, 1.165) is 36.5 Å². The van der Waals surface area contributed by atoms with Crippen molar-refractivity contribution in [2.75, 3.05) is 7.11 Å². The van der Waals surface area contributed by atoms with E-state index in [1.807, 2.05) is 19.9 Å². The molecule has 3 aromatic rings. The summed E-state index contributed by atoms with van der Waals surface area (Å²) < 4.78 is 33.1. The summed E-state index contributed by atoms with van der Waals surface area (Å²) in [4.78, 5) is 4.00. The van der Waals surface area contributed by atoms with Gasteiger partial charge in [0.15, 0.2) is 3.95 Å². The van der Waals surface area contributed by atoms with E-state index in [-0.39, 0.29) is 3.95 Å². The number of fused-ring (bicyclic) bond motifs is 1. The number of pyridine rings is 1. The fourth-order valence-electron chi connectivity index (χ4n) is 2.47. The number of hydrogen-bond donors (Lipinski definition) is 0. The van der Waals surface area contributed by atoms with Crippen LogP contribution < -0.4 is 4.74 Å². The van der Waals surface area contributed by atoms with Crippen LogP contribution in [0.4, 0.5) is 0 Å². The molecular formula is C17H16N2O3S3. The molecule has 0 saturated carbocycles. The molecule has 0 N–H and O–H groups in total. The van der Waals surface area contributed by atoms with Gasteiger partial charge in [-0.3, -0.25) is 4.98 Å². The first-order valence-electron chi connectivity index (χ1n) is 7.38. The molecule has 8 heteroatoms. The van der Waals surface area contributed by atoms with E-state index in [2.05, 4.69) is 4.98 Å². The fourth-order valence-corrected chi connectivity index (χ4v) is 5.46. The maximum atomic E-state index is 12.8. The van der Waals surface area contributed by atoms with Gasteiger partial charge in [0.05, 0.1) is 28.9 Å². The average Bonchev–Trinajstić information content (AvgIpc) is 2.92. The van der Waals surface area contributed by atoms with Crippen molar-refractivity contribution in [2.24, 2.45) is 0 Å². The third kappa shape index (κ3) is 3.37. The number of benzene rings is 1. The van der Waals surface area contributed by atoms with Crippen molar-refractivity contribution < 1.29 is 13.2 Å². The third-order valence-corrected chi connectivity index (χ3v) is 6.85. The summed E-state index contributed by atoms with van der Waals surface area (Å²) in [5, 5.41) is 1.16. The van der Waals surface area contributed by atoms with Crippen LogP contribution in [0.2, 0.25) is 0 Å². The van der Waals surface area contributed by atoms with Gasteiger partial charge in [-0.05, 0) is 61.0 Å². The average molecular weight is 393 g/mol. The minimum Gasteiger partial charge on any atom is -0.496 e. The van der Waals surface area contributed by atoms with Gasteiger partial charge in [-0.15, -0.1) is 11.3 Å². The topological polar surface area (TPSA) is 61.2 Å². The van der Waals surface area contributed by atoms with Crippen molar-refractivity contribution in [3.05, 3.63) is 56.6 Å². The first kappa shape index (κ1) is 17.8. The Bertz CT molecular complexity index is 1140. The molecule has 25 heavy (non-hydrogen) atoms.